The number of amides is 2. The lowest BCUT2D eigenvalue weighted by molar-refractivity contribution is -0.154. The van der Waals surface area contributed by atoms with Crippen molar-refractivity contribution in [1.29, 1.82) is 0 Å². The fourth-order valence-electron chi connectivity index (χ4n) is 2.02. The molecule has 1 aliphatic rings. The maximum absolute atomic E-state index is 12.3. The first-order valence-corrected chi connectivity index (χ1v) is 6.14. The van der Waals surface area contributed by atoms with Gasteiger partial charge in [0.05, 0.1) is 12.0 Å². The van der Waals surface area contributed by atoms with E-state index in [1.807, 2.05) is 0 Å². The molecular formula is C11H17F3N2O4. The van der Waals surface area contributed by atoms with Crippen molar-refractivity contribution in [3.05, 3.63) is 0 Å². The zero-order valence-corrected chi connectivity index (χ0v) is 10.7. The van der Waals surface area contributed by atoms with E-state index < -0.39 is 43.3 Å². The molecule has 0 aromatic carbocycles. The van der Waals surface area contributed by atoms with Gasteiger partial charge in [0.1, 0.15) is 6.54 Å². The molecule has 1 saturated carbocycles. The SMILES string of the molecule is O=C(NCC1(C(=O)O)CCC1)N(CCO)CC(F)(F)F. The highest BCUT2D eigenvalue weighted by molar-refractivity contribution is 5.79. The molecule has 0 heterocycles. The van der Waals surface area contributed by atoms with Gasteiger partial charge in [-0.15, -0.1) is 0 Å². The predicted octanol–water partition coefficient (Wildman–Crippen LogP) is 0.807. The zero-order chi connectivity index (χ0) is 15.4. The average Bonchev–Trinajstić information content (AvgIpc) is 2.24. The van der Waals surface area contributed by atoms with Crippen molar-refractivity contribution >= 4 is 12.0 Å². The Bertz CT molecular complexity index is 369. The zero-order valence-electron chi connectivity index (χ0n) is 10.7. The van der Waals surface area contributed by atoms with Crippen molar-refractivity contribution < 1.29 is 33.0 Å². The largest absolute Gasteiger partial charge is 0.481 e. The first-order valence-electron chi connectivity index (χ1n) is 6.14. The average molecular weight is 298 g/mol. The van der Waals surface area contributed by atoms with Crippen LogP contribution in [0.2, 0.25) is 0 Å². The summed E-state index contributed by atoms with van der Waals surface area (Å²) in [6.45, 7) is -2.76. The van der Waals surface area contributed by atoms with Gasteiger partial charge in [-0.05, 0) is 12.8 Å². The number of aliphatic carboxylic acids is 1. The van der Waals surface area contributed by atoms with Gasteiger partial charge >= 0.3 is 18.2 Å². The van der Waals surface area contributed by atoms with E-state index >= 15 is 0 Å². The molecule has 20 heavy (non-hydrogen) atoms. The van der Waals surface area contributed by atoms with Crippen LogP contribution in [0.15, 0.2) is 0 Å². The van der Waals surface area contributed by atoms with Gasteiger partial charge in [0.25, 0.3) is 0 Å². The molecule has 1 rings (SSSR count). The third kappa shape index (κ3) is 4.26. The van der Waals surface area contributed by atoms with Gasteiger partial charge in [-0.3, -0.25) is 4.79 Å². The van der Waals surface area contributed by atoms with Crippen LogP contribution in [-0.4, -0.2) is 59.5 Å². The molecule has 2 amide bonds. The lowest BCUT2D eigenvalue weighted by Gasteiger charge is -2.38. The molecule has 0 aromatic rings. The second-order valence-electron chi connectivity index (χ2n) is 4.86. The molecule has 116 valence electrons. The maximum Gasteiger partial charge on any atom is 0.406 e. The van der Waals surface area contributed by atoms with E-state index in [0.29, 0.717) is 24.2 Å². The first-order chi connectivity index (χ1) is 9.20. The quantitative estimate of drug-likeness (QED) is 0.677. The van der Waals surface area contributed by atoms with Crippen molar-refractivity contribution in [3.63, 3.8) is 0 Å². The molecule has 6 nitrogen and oxygen atoms in total. The number of urea groups is 1. The summed E-state index contributed by atoms with van der Waals surface area (Å²) in [5, 5.41) is 19.9. The van der Waals surface area contributed by atoms with Gasteiger partial charge in [0, 0.05) is 13.1 Å². The molecule has 0 aromatic heterocycles. The Morgan fingerprint density at radius 1 is 1.30 bits per heavy atom. The van der Waals surface area contributed by atoms with E-state index in [2.05, 4.69) is 5.32 Å². The molecule has 0 unspecified atom stereocenters. The molecule has 0 radical (unpaired) electrons. The molecule has 1 fully saturated rings. The highest BCUT2D eigenvalue weighted by Gasteiger charge is 2.45. The molecule has 0 aliphatic heterocycles. The molecule has 0 atom stereocenters. The second kappa shape index (κ2) is 6.29. The smallest absolute Gasteiger partial charge is 0.406 e. The number of alkyl halides is 3. The summed E-state index contributed by atoms with van der Waals surface area (Å²) >= 11 is 0. The summed E-state index contributed by atoms with van der Waals surface area (Å²) in [6.07, 6.45) is -3.08. The van der Waals surface area contributed by atoms with Gasteiger partial charge in [0.15, 0.2) is 0 Å². The number of nitrogens with zero attached hydrogens (tertiary/aromatic N) is 1. The van der Waals surface area contributed by atoms with Crippen LogP contribution in [0.25, 0.3) is 0 Å². The van der Waals surface area contributed by atoms with Gasteiger partial charge in [0.2, 0.25) is 0 Å². The Morgan fingerprint density at radius 2 is 1.90 bits per heavy atom. The number of carbonyl (C=O) groups excluding carboxylic acids is 1. The van der Waals surface area contributed by atoms with Crippen molar-refractivity contribution in [2.45, 2.75) is 25.4 Å². The van der Waals surface area contributed by atoms with Crippen LogP contribution >= 0.6 is 0 Å². The van der Waals surface area contributed by atoms with Crippen molar-refractivity contribution in [2.75, 3.05) is 26.2 Å². The standard InChI is InChI=1S/C11H17F3N2O4/c12-11(13,14)7-16(4-5-17)9(20)15-6-10(8(18)19)2-1-3-10/h17H,1-7H2,(H,15,20)(H,18,19). The van der Waals surface area contributed by atoms with E-state index in [1.54, 1.807) is 0 Å². The number of carbonyl (C=O) groups is 2. The van der Waals surface area contributed by atoms with E-state index in [0.717, 1.165) is 0 Å². The number of carboxylic acid groups (broad SMARTS) is 1. The minimum Gasteiger partial charge on any atom is -0.481 e. The number of carboxylic acids is 1. The molecule has 1 aliphatic carbocycles. The Labute approximate surface area is 113 Å². The topological polar surface area (TPSA) is 89.9 Å². The van der Waals surface area contributed by atoms with E-state index in [-0.39, 0.29) is 6.54 Å². The fraction of sp³-hybridized carbons (Fsp3) is 0.818. The molecule has 9 heteroatoms. The van der Waals surface area contributed by atoms with Crippen LogP contribution in [0.3, 0.4) is 0 Å². The molecule has 0 bridgehead atoms. The Balaban J connectivity index is 2.56. The molecule has 0 saturated heterocycles. The predicted molar refractivity (Wildman–Crippen MR) is 62.0 cm³/mol. The van der Waals surface area contributed by atoms with Crippen LogP contribution in [-0.2, 0) is 4.79 Å². The summed E-state index contributed by atoms with van der Waals surface area (Å²) in [5.41, 5.74) is -1.07. The number of rotatable bonds is 6. The molecule has 3 N–H and O–H groups in total. The Kier molecular flexibility index (Phi) is 5.21. The molecular weight excluding hydrogens is 281 g/mol. The number of hydrogen-bond acceptors (Lipinski definition) is 3. The summed E-state index contributed by atoms with van der Waals surface area (Å²) in [7, 11) is 0. The summed E-state index contributed by atoms with van der Waals surface area (Å²) in [5.74, 6) is -1.06. The maximum atomic E-state index is 12.3. The lowest BCUT2D eigenvalue weighted by atomic mass is 9.69. The number of aliphatic hydroxyl groups is 1. The lowest BCUT2D eigenvalue weighted by Crippen LogP contribution is -2.52. The van der Waals surface area contributed by atoms with E-state index in [1.165, 1.54) is 0 Å². The third-order valence-corrected chi connectivity index (χ3v) is 3.37. The number of nitrogens with one attached hydrogen (secondary N) is 1. The van der Waals surface area contributed by atoms with Gasteiger partial charge in [-0.2, -0.15) is 13.2 Å². The van der Waals surface area contributed by atoms with Crippen LogP contribution in [0.5, 0.6) is 0 Å². The highest BCUT2D eigenvalue weighted by Crippen LogP contribution is 2.40. The van der Waals surface area contributed by atoms with E-state index in [4.69, 9.17) is 10.2 Å². The monoisotopic (exact) mass is 298 g/mol. The molecule has 0 spiro atoms. The van der Waals surface area contributed by atoms with Crippen LogP contribution in [0.4, 0.5) is 18.0 Å². The van der Waals surface area contributed by atoms with Crippen molar-refractivity contribution in [2.24, 2.45) is 5.41 Å². The first kappa shape index (κ1) is 16.5. The number of aliphatic hydroxyl groups excluding tert-OH is 1. The van der Waals surface area contributed by atoms with Crippen LogP contribution in [0, 0.1) is 5.41 Å². The normalized spacial score (nSPS) is 17.2. The van der Waals surface area contributed by atoms with Gasteiger partial charge < -0.3 is 20.4 Å². The number of halogens is 3. The Morgan fingerprint density at radius 3 is 2.25 bits per heavy atom. The fourth-order valence-corrected chi connectivity index (χ4v) is 2.02. The van der Waals surface area contributed by atoms with Crippen LogP contribution in [0.1, 0.15) is 19.3 Å². The third-order valence-electron chi connectivity index (χ3n) is 3.37. The Hall–Kier alpha value is -1.51. The summed E-state index contributed by atoms with van der Waals surface area (Å²) in [4.78, 5) is 23.1. The minimum absolute atomic E-state index is 0.207. The second-order valence-corrected chi connectivity index (χ2v) is 4.86. The minimum atomic E-state index is -4.58. The van der Waals surface area contributed by atoms with Gasteiger partial charge in [-0.1, -0.05) is 6.42 Å². The summed E-state index contributed by atoms with van der Waals surface area (Å²) < 4.78 is 36.8. The highest BCUT2D eigenvalue weighted by atomic mass is 19.4. The van der Waals surface area contributed by atoms with Crippen LogP contribution < -0.4 is 5.32 Å². The van der Waals surface area contributed by atoms with Gasteiger partial charge in [-0.25, -0.2) is 4.79 Å². The van der Waals surface area contributed by atoms with Crippen molar-refractivity contribution in [3.8, 4) is 0 Å². The summed E-state index contributed by atoms with van der Waals surface area (Å²) in [6, 6.07) is -1.02. The van der Waals surface area contributed by atoms with Crippen molar-refractivity contribution in [1.82, 2.24) is 10.2 Å². The number of hydrogen-bond donors (Lipinski definition) is 3. The van der Waals surface area contributed by atoms with E-state index in [9.17, 15) is 22.8 Å².